The van der Waals surface area contributed by atoms with Crippen molar-refractivity contribution in [1.29, 1.82) is 0 Å². The molecule has 1 fully saturated rings. The number of aromatic nitrogens is 2. The first-order valence-corrected chi connectivity index (χ1v) is 8.58. The number of halogens is 1. The van der Waals surface area contributed by atoms with Gasteiger partial charge in [0, 0.05) is 6.04 Å². The fourth-order valence-corrected chi connectivity index (χ4v) is 4.23. The molecule has 20 heavy (non-hydrogen) atoms. The highest BCUT2D eigenvalue weighted by atomic mass is 35.5. The van der Waals surface area contributed by atoms with Crippen LogP contribution in [0.5, 0.6) is 0 Å². The van der Waals surface area contributed by atoms with Gasteiger partial charge in [0.1, 0.15) is 10.6 Å². The van der Waals surface area contributed by atoms with Gasteiger partial charge in [0.2, 0.25) is 5.28 Å². The molecule has 2 atom stereocenters. The van der Waals surface area contributed by atoms with Crippen molar-refractivity contribution in [2.45, 2.75) is 45.6 Å². The van der Waals surface area contributed by atoms with E-state index in [0.717, 1.165) is 16.0 Å². The number of thiophene rings is 1. The molecule has 3 rings (SSSR count). The minimum atomic E-state index is 0.333. The first-order valence-electron chi connectivity index (χ1n) is 7.32. The zero-order valence-corrected chi connectivity index (χ0v) is 13.5. The summed E-state index contributed by atoms with van der Waals surface area (Å²) in [6.07, 6.45) is 5.17. The summed E-state index contributed by atoms with van der Waals surface area (Å²) in [6.45, 7) is 4.63. The van der Waals surface area contributed by atoms with E-state index in [1.807, 2.05) is 5.38 Å². The van der Waals surface area contributed by atoms with Crippen molar-refractivity contribution < 1.29 is 0 Å². The molecule has 2 heterocycles. The van der Waals surface area contributed by atoms with Crippen LogP contribution in [-0.4, -0.2) is 16.0 Å². The van der Waals surface area contributed by atoms with E-state index in [2.05, 4.69) is 35.2 Å². The lowest BCUT2D eigenvalue weighted by Crippen LogP contribution is -2.35. The Bertz CT molecular complexity index is 596. The Balaban J connectivity index is 1.89. The standard InChI is InChI=1S/C15H20ClN3S/c1-9(2)10-5-3-4-6-12(10)17-13-11-7-8-20-14(11)19-15(16)18-13/h7-10,12H,3-6H2,1-2H3,(H,17,18,19). The van der Waals surface area contributed by atoms with Gasteiger partial charge >= 0.3 is 0 Å². The maximum atomic E-state index is 6.04. The van der Waals surface area contributed by atoms with Gasteiger partial charge in [0.25, 0.3) is 0 Å². The molecule has 2 aromatic rings. The topological polar surface area (TPSA) is 37.8 Å². The quantitative estimate of drug-likeness (QED) is 0.813. The van der Waals surface area contributed by atoms with Crippen LogP contribution in [0, 0.1) is 11.8 Å². The molecule has 108 valence electrons. The summed E-state index contributed by atoms with van der Waals surface area (Å²) in [6, 6.07) is 2.57. The third kappa shape index (κ3) is 2.77. The predicted molar refractivity (Wildman–Crippen MR) is 86.6 cm³/mol. The molecule has 3 nitrogen and oxygen atoms in total. The molecule has 0 saturated heterocycles. The first-order chi connectivity index (χ1) is 9.65. The number of hydrogen-bond donors (Lipinski definition) is 1. The van der Waals surface area contributed by atoms with Crippen LogP contribution in [0.4, 0.5) is 5.82 Å². The van der Waals surface area contributed by atoms with E-state index in [1.165, 1.54) is 25.7 Å². The van der Waals surface area contributed by atoms with Gasteiger partial charge in [-0.25, -0.2) is 9.97 Å². The van der Waals surface area contributed by atoms with Crippen LogP contribution in [0.2, 0.25) is 5.28 Å². The molecular weight excluding hydrogens is 290 g/mol. The van der Waals surface area contributed by atoms with Crippen molar-refractivity contribution in [3.05, 3.63) is 16.7 Å². The molecule has 1 saturated carbocycles. The molecule has 1 aliphatic rings. The smallest absolute Gasteiger partial charge is 0.225 e. The van der Waals surface area contributed by atoms with Crippen LogP contribution >= 0.6 is 22.9 Å². The van der Waals surface area contributed by atoms with Crippen molar-refractivity contribution >= 4 is 39.0 Å². The molecule has 0 aromatic carbocycles. The van der Waals surface area contributed by atoms with Crippen LogP contribution in [0.3, 0.4) is 0 Å². The second-order valence-corrected chi connectivity index (χ2v) is 7.16. The van der Waals surface area contributed by atoms with Crippen molar-refractivity contribution in [1.82, 2.24) is 9.97 Å². The SMILES string of the molecule is CC(C)C1CCCCC1Nc1nc(Cl)nc2sccc12. The van der Waals surface area contributed by atoms with E-state index >= 15 is 0 Å². The van der Waals surface area contributed by atoms with E-state index in [9.17, 15) is 0 Å². The van der Waals surface area contributed by atoms with Gasteiger partial charge in [-0.05, 0) is 47.7 Å². The van der Waals surface area contributed by atoms with Gasteiger partial charge in [-0.15, -0.1) is 11.3 Å². The molecular formula is C15H20ClN3S. The van der Waals surface area contributed by atoms with E-state index in [4.69, 9.17) is 11.6 Å². The Labute approximate surface area is 128 Å². The van der Waals surface area contributed by atoms with Crippen LogP contribution in [0.1, 0.15) is 39.5 Å². The molecule has 0 bridgehead atoms. The van der Waals surface area contributed by atoms with E-state index < -0.39 is 0 Å². The Morgan fingerprint density at radius 1 is 1.30 bits per heavy atom. The third-order valence-electron chi connectivity index (χ3n) is 4.30. The van der Waals surface area contributed by atoms with Crippen LogP contribution in [-0.2, 0) is 0 Å². The van der Waals surface area contributed by atoms with Gasteiger partial charge in [-0.1, -0.05) is 26.7 Å². The van der Waals surface area contributed by atoms with Crippen molar-refractivity contribution in [2.75, 3.05) is 5.32 Å². The summed E-state index contributed by atoms with van der Waals surface area (Å²) in [5.74, 6) is 2.31. The number of nitrogens with one attached hydrogen (secondary N) is 1. The van der Waals surface area contributed by atoms with Gasteiger partial charge in [0.15, 0.2) is 0 Å². The van der Waals surface area contributed by atoms with Gasteiger partial charge < -0.3 is 5.32 Å². The molecule has 2 aromatic heterocycles. The van der Waals surface area contributed by atoms with Crippen LogP contribution in [0.25, 0.3) is 10.2 Å². The average Bonchev–Trinajstić information content (AvgIpc) is 2.87. The molecule has 0 aliphatic heterocycles. The molecule has 0 spiro atoms. The number of nitrogens with zero attached hydrogens (tertiary/aromatic N) is 2. The molecule has 0 radical (unpaired) electrons. The molecule has 5 heteroatoms. The number of hydrogen-bond acceptors (Lipinski definition) is 4. The average molecular weight is 310 g/mol. The second kappa shape index (κ2) is 5.86. The molecule has 2 unspecified atom stereocenters. The molecule has 0 amide bonds. The Hall–Kier alpha value is -0.870. The number of fused-ring (bicyclic) bond motifs is 1. The zero-order chi connectivity index (χ0) is 14.1. The lowest BCUT2D eigenvalue weighted by Gasteiger charge is -2.35. The molecule has 1 aliphatic carbocycles. The minimum Gasteiger partial charge on any atom is -0.366 e. The lowest BCUT2D eigenvalue weighted by atomic mass is 9.78. The second-order valence-electron chi connectivity index (χ2n) is 5.92. The molecule has 1 N–H and O–H groups in total. The third-order valence-corrected chi connectivity index (χ3v) is 5.27. The normalized spacial score (nSPS) is 23.4. The Morgan fingerprint density at radius 2 is 2.10 bits per heavy atom. The fraction of sp³-hybridized carbons (Fsp3) is 0.600. The summed E-state index contributed by atoms with van der Waals surface area (Å²) in [5, 5.41) is 7.12. The van der Waals surface area contributed by atoms with E-state index in [1.54, 1.807) is 11.3 Å². The minimum absolute atomic E-state index is 0.333. The zero-order valence-electron chi connectivity index (χ0n) is 11.9. The van der Waals surface area contributed by atoms with Gasteiger partial charge in [0.05, 0.1) is 5.39 Å². The highest BCUT2D eigenvalue weighted by Gasteiger charge is 2.28. The van der Waals surface area contributed by atoms with E-state index in [-0.39, 0.29) is 0 Å². The van der Waals surface area contributed by atoms with Gasteiger partial charge in [-0.2, -0.15) is 0 Å². The van der Waals surface area contributed by atoms with Crippen molar-refractivity contribution in [3.8, 4) is 0 Å². The van der Waals surface area contributed by atoms with Gasteiger partial charge in [-0.3, -0.25) is 0 Å². The number of rotatable bonds is 3. The summed E-state index contributed by atoms with van der Waals surface area (Å²) in [4.78, 5) is 9.65. The lowest BCUT2D eigenvalue weighted by molar-refractivity contribution is 0.253. The summed E-state index contributed by atoms with van der Waals surface area (Å²) < 4.78 is 0. The summed E-state index contributed by atoms with van der Waals surface area (Å²) in [7, 11) is 0. The Morgan fingerprint density at radius 3 is 2.90 bits per heavy atom. The largest absolute Gasteiger partial charge is 0.366 e. The van der Waals surface area contributed by atoms with Crippen molar-refractivity contribution in [2.24, 2.45) is 11.8 Å². The van der Waals surface area contributed by atoms with Crippen LogP contribution < -0.4 is 5.32 Å². The Kier molecular flexibility index (Phi) is 4.13. The summed E-state index contributed by atoms with van der Waals surface area (Å²) in [5.41, 5.74) is 0. The summed E-state index contributed by atoms with van der Waals surface area (Å²) >= 11 is 7.65. The monoisotopic (exact) mass is 309 g/mol. The highest BCUT2D eigenvalue weighted by molar-refractivity contribution is 7.16. The first kappa shape index (κ1) is 14.1. The van der Waals surface area contributed by atoms with E-state index in [0.29, 0.717) is 23.2 Å². The fourth-order valence-electron chi connectivity index (χ4n) is 3.25. The highest BCUT2D eigenvalue weighted by Crippen LogP contribution is 2.34. The maximum Gasteiger partial charge on any atom is 0.225 e. The number of anilines is 1. The van der Waals surface area contributed by atoms with Crippen molar-refractivity contribution in [3.63, 3.8) is 0 Å². The maximum absolute atomic E-state index is 6.04. The predicted octanol–water partition coefficient (Wildman–Crippen LogP) is 4.97. The van der Waals surface area contributed by atoms with Crippen LogP contribution in [0.15, 0.2) is 11.4 Å².